The summed E-state index contributed by atoms with van der Waals surface area (Å²) in [5.41, 5.74) is 1.09. The Morgan fingerprint density at radius 3 is 2.67 bits per heavy atom. The van der Waals surface area contributed by atoms with E-state index in [0.717, 1.165) is 5.56 Å². The fraction of sp³-hybridized carbons (Fsp3) is 0.500. The van der Waals surface area contributed by atoms with Crippen molar-refractivity contribution in [2.75, 3.05) is 6.61 Å². The lowest BCUT2D eigenvalue weighted by Crippen LogP contribution is -2.45. The molecule has 1 N–H and O–H groups in total. The van der Waals surface area contributed by atoms with Gasteiger partial charge in [-0.05, 0) is 12.0 Å². The second-order valence-electron chi connectivity index (χ2n) is 4.01. The molecular formula is C12H15FO2. The van der Waals surface area contributed by atoms with Gasteiger partial charge in [0.2, 0.25) is 0 Å². The average molecular weight is 210 g/mol. The van der Waals surface area contributed by atoms with Crippen molar-refractivity contribution in [1.82, 2.24) is 0 Å². The topological polar surface area (TPSA) is 29.5 Å². The molecule has 0 amide bonds. The van der Waals surface area contributed by atoms with Crippen molar-refractivity contribution < 1.29 is 14.2 Å². The molecule has 1 aliphatic carbocycles. The molecule has 0 bridgehead atoms. The Morgan fingerprint density at radius 2 is 2.07 bits per heavy atom. The molecule has 3 atom stereocenters. The highest BCUT2D eigenvalue weighted by molar-refractivity contribution is 5.13. The number of rotatable bonds is 4. The van der Waals surface area contributed by atoms with Crippen LogP contribution in [0.25, 0.3) is 0 Å². The van der Waals surface area contributed by atoms with Gasteiger partial charge in [-0.25, -0.2) is 4.39 Å². The molecular weight excluding hydrogens is 195 g/mol. The molecule has 1 aliphatic rings. The van der Waals surface area contributed by atoms with Crippen LogP contribution in [0.5, 0.6) is 0 Å². The number of hydrogen-bond acceptors (Lipinski definition) is 2. The third kappa shape index (κ3) is 2.55. The molecule has 1 fully saturated rings. The van der Waals surface area contributed by atoms with Gasteiger partial charge in [0.15, 0.2) is 0 Å². The first-order chi connectivity index (χ1) is 7.27. The monoisotopic (exact) mass is 210 g/mol. The quantitative estimate of drug-likeness (QED) is 0.822. The van der Waals surface area contributed by atoms with E-state index in [4.69, 9.17) is 9.84 Å². The lowest BCUT2D eigenvalue weighted by molar-refractivity contribution is -0.0871. The minimum atomic E-state index is -1.10. The maximum absolute atomic E-state index is 13.0. The summed E-state index contributed by atoms with van der Waals surface area (Å²) in [6.45, 7) is 0.910. The second kappa shape index (κ2) is 4.73. The Morgan fingerprint density at radius 1 is 1.33 bits per heavy atom. The van der Waals surface area contributed by atoms with Crippen LogP contribution in [0.3, 0.4) is 0 Å². The molecule has 0 heterocycles. The SMILES string of the molecule is O[C@@H]1C[C@@H](COCc2ccccc2)[C@@H]1F. The van der Waals surface area contributed by atoms with Gasteiger partial charge in [-0.3, -0.25) is 0 Å². The second-order valence-corrected chi connectivity index (χ2v) is 4.01. The molecule has 0 radical (unpaired) electrons. The molecule has 0 unspecified atom stereocenters. The largest absolute Gasteiger partial charge is 0.390 e. The van der Waals surface area contributed by atoms with Crippen molar-refractivity contribution in [3.05, 3.63) is 35.9 Å². The predicted molar refractivity (Wildman–Crippen MR) is 55.1 cm³/mol. The zero-order chi connectivity index (χ0) is 10.7. The van der Waals surface area contributed by atoms with Crippen molar-refractivity contribution in [2.24, 2.45) is 5.92 Å². The lowest BCUT2D eigenvalue weighted by atomic mass is 9.81. The maximum atomic E-state index is 13.0. The zero-order valence-corrected chi connectivity index (χ0v) is 8.47. The van der Waals surface area contributed by atoms with Gasteiger partial charge in [0.05, 0.1) is 19.3 Å². The molecule has 1 aromatic carbocycles. The smallest absolute Gasteiger partial charge is 0.131 e. The summed E-state index contributed by atoms with van der Waals surface area (Å²) >= 11 is 0. The van der Waals surface area contributed by atoms with Crippen LogP contribution in [-0.4, -0.2) is 24.0 Å². The van der Waals surface area contributed by atoms with Gasteiger partial charge in [0, 0.05) is 5.92 Å². The number of alkyl halides is 1. The van der Waals surface area contributed by atoms with Crippen molar-refractivity contribution in [1.29, 1.82) is 0 Å². The minimum absolute atomic E-state index is 0.122. The maximum Gasteiger partial charge on any atom is 0.131 e. The molecule has 0 spiro atoms. The first-order valence-electron chi connectivity index (χ1n) is 5.21. The summed E-state index contributed by atoms with van der Waals surface area (Å²) in [4.78, 5) is 0. The van der Waals surface area contributed by atoms with Crippen LogP contribution in [0.1, 0.15) is 12.0 Å². The highest BCUT2D eigenvalue weighted by Crippen LogP contribution is 2.31. The van der Waals surface area contributed by atoms with E-state index in [9.17, 15) is 4.39 Å². The number of benzene rings is 1. The summed E-state index contributed by atoms with van der Waals surface area (Å²) in [6, 6.07) is 9.79. The molecule has 15 heavy (non-hydrogen) atoms. The van der Waals surface area contributed by atoms with E-state index in [1.807, 2.05) is 30.3 Å². The number of aliphatic hydroxyl groups excluding tert-OH is 1. The van der Waals surface area contributed by atoms with Crippen LogP contribution in [0.2, 0.25) is 0 Å². The van der Waals surface area contributed by atoms with Gasteiger partial charge in [0.1, 0.15) is 6.17 Å². The average Bonchev–Trinajstić information content (AvgIpc) is 2.29. The summed E-state index contributed by atoms with van der Waals surface area (Å²) in [7, 11) is 0. The molecule has 1 aromatic rings. The summed E-state index contributed by atoms with van der Waals surface area (Å²) in [6.07, 6.45) is -1.34. The first kappa shape index (κ1) is 10.6. The number of hydrogen-bond donors (Lipinski definition) is 1. The fourth-order valence-corrected chi connectivity index (χ4v) is 1.75. The molecule has 0 aromatic heterocycles. The number of halogens is 1. The van der Waals surface area contributed by atoms with Gasteiger partial charge in [-0.2, -0.15) is 0 Å². The van der Waals surface area contributed by atoms with Crippen molar-refractivity contribution >= 4 is 0 Å². The normalized spacial score (nSPS) is 29.9. The summed E-state index contributed by atoms with van der Waals surface area (Å²) < 4.78 is 18.4. The molecule has 2 nitrogen and oxygen atoms in total. The minimum Gasteiger partial charge on any atom is -0.390 e. The van der Waals surface area contributed by atoms with Crippen LogP contribution >= 0.6 is 0 Å². The van der Waals surface area contributed by atoms with Crippen LogP contribution in [-0.2, 0) is 11.3 Å². The molecule has 2 rings (SSSR count). The van der Waals surface area contributed by atoms with Gasteiger partial charge >= 0.3 is 0 Å². The van der Waals surface area contributed by atoms with E-state index in [1.165, 1.54) is 0 Å². The van der Waals surface area contributed by atoms with E-state index in [0.29, 0.717) is 19.6 Å². The number of ether oxygens (including phenoxy) is 1. The Labute approximate surface area is 88.7 Å². The molecule has 1 saturated carbocycles. The Balaban J connectivity index is 1.68. The molecule has 0 saturated heterocycles. The fourth-order valence-electron chi connectivity index (χ4n) is 1.75. The first-order valence-corrected chi connectivity index (χ1v) is 5.21. The van der Waals surface area contributed by atoms with E-state index < -0.39 is 12.3 Å². The highest BCUT2D eigenvalue weighted by atomic mass is 19.1. The lowest BCUT2D eigenvalue weighted by Gasteiger charge is -2.35. The third-order valence-corrected chi connectivity index (χ3v) is 2.81. The van der Waals surface area contributed by atoms with Crippen molar-refractivity contribution in [3.63, 3.8) is 0 Å². The Kier molecular flexibility index (Phi) is 3.34. The summed E-state index contributed by atoms with van der Waals surface area (Å²) in [5, 5.41) is 8.97. The predicted octanol–water partition coefficient (Wildman–Crippen LogP) is 1.92. The number of aliphatic hydroxyl groups is 1. The Hall–Kier alpha value is -0.930. The standard InChI is InChI=1S/C12H15FO2/c13-12-10(6-11(12)14)8-15-7-9-4-2-1-3-5-9/h1-5,10-12,14H,6-8H2/t10-,11+,12-/m0/s1. The molecule has 0 aliphatic heterocycles. The van der Waals surface area contributed by atoms with E-state index in [1.54, 1.807) is 0 Å². The van der Waals surface area contributed by atoms with Crippen LogP contribution in [0.4, 0.5) is 4.39 Å². The van der Waals surface area contributed by atoms with Crippen LogP contribution in [0, 0.1) is 5.92 Å². The van der Waals surface area contributed by atoms with Crippen molar-refractivity contribution in [2.45, 2.75) is 25.3 Å². The van der Waals surface area contributed by atoms with Crippen LogP contribution < -0.4 is 0 Å². The van der Waals surface area contributed by atoms with Crippen molar-refractivity contribution in [3.8, 4) is 0 Å². The van der Waals surface area contributed by atoms with Gasteiger partial charge < -0.3 is 9.84 Å². The summed E-state index contributed by atoms with van der Waals surface area (Å²) in [5.74, 6) is -0.122. The van der Waals surface area contributed by atoms with E-state index in [2.05, 4.69) is 0 Å². The zero-order valence-electron chi connectivity index (χ0n) is 8.47. The van der Waals surface area contributed by atoms with E-state index in [-0.39, 0.29) is 5.92 Å². The van der Waals surface area contributed by atoms with Crippen LogP contribution in [0.15, 0.2) is 30.3 Å². The highest BCUT2D eigenvalue weighted by Gasteiger charge is 2.40. The Bertz CT molecular complexity index is 302. The van der Waals surface area contributed by atoms with Gasteiger partial charge in [-0.1, -0.05) is 30.3 Å². The van der Waals surface area contributed by atoms with E-state index >= 15 is 0 Å². The molecule has 3 heteroatoms. The third-order valence-electron chi connectivity index (χ3n) is 2.81. The van der Waals surface area contributed by atoms with Gasteiger partial charge in [-0.15, -0.1) is 0 Å². The van der Waals surface area contributed by atoms with Gasteiger partial charge in [0.25, 0.3) is 0 Å². The molecule has 82 valence electrons.